The quantitative estimate of drug-likeness (QED) is 0.822. The molecule has 2 N–H and O–H groups in total. The Kier molecular flexibility index (Phi) is 3.80. The van der Waals surface area contributed by atoms with Crippen molar-refractivity contribution >= 4 is 11.8 Å². The maximum Gasteiger partial charge on any atom is 0.356 e. The van der Waals surface area contributed by atoms with Gasteiger partial charge in [0.15, 0.2) is 5.69 Å². The van der Waals surface area contributed by atoms with Gasteiger partial charge in [0.1, 0.15) is 5.82 Å². The van der Waals surface area contributed by atoms with Crippen LogP contribution >= 0.6 is 0 Å². The summed E-state index contributed by atoms with van der Waals surface area (Å²) in [6.45, 7) is 0.687. The first-order chi connectivity index (χ1) is 8.75. The van der Waals surface area contributed by atoms with Crippen molar-refractivity contribution in [1.29, 1.82) is 0 Å². The van der Waals surface area contributed by atoms with Crippen LogP contribution in [0.5, 0.6) is 0 Å². The molecule has 2 aromatic heterocycles. The molecule has 92 valence electrons. The Morgan fingerprint density at radius 3 is 2.78 bits per heavy atom. The number of carbonyl (C=O) groups is 1. The fourth-order valence-corrected chi connectivity index (χ4v) is 1.41. The minimum Gasteiger partial charge on any atom is -0.476 e. The van der Waals surface area contributed by atoms with Crippen molar-refractivity contribution < 1.29 is 9.90 Å². The van der Waals surface area contributed by atoms with Gasteiger partial charge >= 0.3 is 5.97 Å². The van der Waals surface area contributed by atoms with Crippen LogP contribution in [0.2, 0.25) is 0 Å². The van der Waals surface area contributed by atoms with E-state index >= 15 is 0 Å². The summed E-state index contributed by atoms with van der Waals surface area (Å²) in [6, 6.07) is 3.88. The lowest BCUT2D eigenvalue weighted by molar-refractivity contribution is 0.0690. The summed E-state index contributed by atoms with van der Waals surface area (Å²) in [5.74, 6) is -0.520. The highest BCUT2D eigenvalue weighted by molar-refractivity contribution is 5.84. The number of nitrogens with zero attached hydrogens (tertiary/aromatic N) is 3. The molecule has 0 aliphatic carbocycles. The molecule has 0 aliphatic heterocycles. The summed E-state index contributed by atoms with van der Waals surface area (Å²) in [5.41, 5.74) is 1.06. The number of aromatic carboxylic acids is 1. The molecular formula is C12H12N4O2. The fraction of sp³-hybridized carbons (Fsp3) is 0.167. The average molecular weight is 244 g/mol. The van der Waals surface area contributed by atoms with Crippen molar-refractivity contribution in [3.63, 3.8) is 0 Å². The summed E-state index contributed by atoms with van der Waals surface area (Å²) in [7, 11) is 0. The summed E-state index contributed by atoms with van der Waals surface area (Å²) < 4.78 is 0. The standard InChI is InChI=1S/C12H12N4O2/c17-12(18)10-7-16-11(8-15-10)14-5-3-9-2-1-4-13-6-9/h1-2,4,6-8H,3,5H2,(H,14,16)(H,17,18). The topological polar surface area (TPSA) is 88.0 Å². The number of carboxylic acid groups (broad SMARTS) is 1. The van der Waals surface area contributed by atoms with Gasteiger partial charge in [-0.3, -0.25) is 4.98 Å². The molecule has 2 rings (SSSR count). The van der Waals surface area contributed by atoms with E-state index in [1.807, 2.05) is 12.1 Å². The molecule has 0 aromatic carbocycles. The van der Waals surface area contributed by atoms with E-state index in [4.69, 9.17) is 5.11 Å². The normalized spacial score (nSPS) is 10.0. The molecule has 18 heavy (non-hydrogen) atoms. The van der Waals surface area contributed by atoms with Crippen LogP contribution in [0.25, 0.3) is 0 Å². The van der Waals surface area contributed by atoms with E-state index in [-0.39, 0.29) is 5.69 Å². The van der Waals surface area contributed by atoms with Gasteiger partial charge in [0.25, 0.3) is 0 Å². The summed E-state index contributed by atoms with van der Waals surface area (Å²) in [6.07, 6.45) is 6.99. The van der Waals surface area contributed by atoms with Gasteiger partial charge in [-0.15, -0.1) is 0 Å². The van der Waals surface area contributed by atoms with Gasteiger partial charge in [0, 0.05) is 18.9 Å². The average Bonchev–Trinajstić information content (AvgIpc) is 2.40. The lowest BCUT2D eigenvalue weighted by atomic mass is 10.2. The van der Waals surface area contributed by atoms with Crippen LogP contribution in [0, 0.1) is 0 Å². The van der Waals surface area contributed by atoms with Crippen LogP contribution < -0.4 is 5.32 Å². The molecule has 0 saturated carbocycles. The lowest BCUT2D eigenvalue weighted by Crippen LogP contribution is -2.08. The van der Waals surface area contributed by atoms with Crippen molar-refractivity contribution in [2.24, 2.45) is 0 Å². The van der Waals surface area contributed by atoms with Gasteiger partial charge in [0.05, 0.1) is 12.4 Å². The van der Waals surface area contributed by atoms with E-state index in [0.717, 1.165) is 12.0 Å². The van der Waals surface area contributed by atoms with Crippen molar-refractivity contribution in [3.05, 3.63) is 48.2 Å². The predicted octanol–water partition coefficient (Wildman–Crippen LogP) is 1.22. The Bertz CT molecular complexity index is 513. The Morgan fingerprint density at radius 1 is 1.28 bits per heavy atom. The molecule has 2 heterocycles. The summed E-state index contributed by atoms with van der Waals surface area (Å²) in [5, 5.41) is 11.7. The van der Waals surface area contributed by atoms with Crippen LogP contribution in [0.15, 0.2) is 36.9 Å². The molecule has 0 bridgehead atoms. The molecule has 0 spiro atoms. The molecule has 0 aliphatic rings. The number of rotatable bonds is 5. The predicted molar refractivity (Wildman–Crippen MR) is 65.4 cm³/mol. The van der Waals surface area contributed by atoms with Gasteiger partial charge in [0.2, 0.25) is 0 Å². The number of hydrogen-bond acceptors (Lipinski definition) is 5. The molecule has 2 aromatic rings. The summed E-state index contributed by atoms with van der Waals surface area (Å²) in [4.78, 5) is 22.3. The zero-order chi connectivity index (χ0) is 12.8. The molecule has 0 unspecified atom stereocenters. The highest BCUT2D eigenvalue weighted by Gasteiger charge is 2.04. The first-order valence-electron chi connectivity index (χ1n) is 5.44. The number of pyridine rings is 1. The molecular weight excluding hydrogens is 232 g/mol. The minimum absolute atomic E-state index is 0.0622. The van der Waals surface area contributed by atoms with E-state index in [9.17, 15) is 4.79 Å². The van der Waals surface area contributed by atoms with Gasteiger partial charge in [-0.2, -0.15) is 0 Å². The Morgan fingerprint density at radius 2 is 2.17 bits per heavy atom. The first kappa shape index (κ1) is 12.0. The highest BCUT2D eigenvalue weighted by atomic mass is 16.4. The second-order valence-electron chi connectivity index (χ2n) is 3.63. The molecule has 6 heteroatoms. The largest absolute Gasteiger partial charge is 0.476 e. The number of aromatic nitrogens is 3. The number of anilines is 1. The molecule has 0 atom stereocenters. The van der Waals surface area contributed by atoms with Gasteiger partial charge < -0.3 is 10.4 Å². The van der Waals surface area contributed by atoms with Crippen LogP contribution in [0.1, 0.15) is 16.1 Å². The Hall–Kier alpha value is -2.50. The van der Waals surface area contributed by atoms with Crippen LogP contribution in [-0.4, -0.2) is 32.6 Å². The van der Waals surface area contributed by atoms with E-state index in [1.54, 1.807) is 12.4 Å². The molecule has 0 amide bonds. The minimum atomic E-state index is -1.08. The maximum atomic E-state index is 10.6. The highest BCUT2D eigenvalue weighted by Crippen LogP contribution is 2.02. The SMILES string of the molecule is O=C(O)c1cnc(NCCc2cccnc2)cn1. The molecule has 6 nitrogen and oxygen atoms in total. The zero-order valence-electron chi connectivity index (χ0n) is 9.58. The molecule has 0 saturated heterocycles. The van der Waals surface area contributed by atoms with E-state index in [0.29, 0.717) is 12.4 Å². The second kappa shape index (κ2) is 5.72. The van der Waals surface area contributed by atoms with Crippen molar-refractivity contribution in [1.82, 2.24) is 15.0 Å². The lowest BCUT2D eigenvalue weighted by Gasteiger charge is -2.04. The Balaban J connectivity index is 1.85. The van der Waals surface area contributed by atoms with E-state index < -0.39 is 5.97 Å². The molecule has 0 radical (unpaired) electrons. The molecule has 0 fully saturated rings. The Labute approximate surface area is 104 Å². The smallest absolute Gasteiger partial charge is 0.356 e. The van der Waals surface area contributed by atoms with Gasteiger partial charge in [-0.05, 0) is 18.1 Å². The van der Waals surface area contributed by atoms with Crippen LogP contribution in [-0.2, 0) is 6.42 Å². The third kappa shape index (κ3) is 3.24. The van der Waals surface area contributed by atoms with Crippen LogP contribution in [0.3, 0.4) is 0 Å². The fourth-order valence-electron chi connectivity index (χ4n) is 1.41. The van der Waals surface area contributed by atoms with E-state index in [2.05, 4.69) is 20.3 Å². The van der Waals surface area contributed by atoms with Gasteiger partial charge in [-0.1, -0.05) is 6.07 Å². The van der Waals surface area contributed by atoms with Crippen molar-refractivity contribution in [3.8, 4) is 0 Å². The third-order valence-corrected chi connectivity index (χ3v) is 2.31. The van der Waals surface area contributed by atoms with E-state index in [1.165, 1.54) is 12.4 Å². The van der Waals surface area contributed by atoms with Crippen LogP contribution in [0.4, 0.5) is 5.82 Å². The van der Waals surface area contributed by atoms with Crippen molar-refractivity contribution in [2.45, 2.75) is 6.42 Å². The zero-order valence-corrected chi connectivity index (χ0v) is 9.58. The number of carboxylic acids is 1. The number of hydrogen-bond donors (Lipinski definition) is 2. The van der Waals surface area contributed by atoms with Gasteiger partial charge in [-0.25, -0.2) is 14.8 Å². The van der Waals surface area contributed by atoms with Crippen molar-refractivity contribution in [2.75, 3.05) is 11.9 Å². The first-order valence-corrected chi connectivity index (χ1v) is 5.44. The second-order valence-corrected chi connectivity index (χ2v) is 3.63. The summed E-state index contributed by atoms with van der Waals surface area (Å²) >= 11 is 0. The maximum absolute atomic E-state index is 10.6. The third-order valence-electron chi connectivity index (χ3n) is 2.31. The number of nitrogens with one attached hydrogen (secondary N) is 1. The monoisotopic (exact) mass is 244 g/mol.